The van der Waals surface area contributed by atoms with Crippen LogP contribution in [0.5, 0.6) is 0 Å². The lowest BCUT2D eigenvalue weighted by Gasteiger charge is -2.20. The third-order valence-corrected chi connectivity index (χ3v) is 8.61. The third-order valence-electron chi connectivity index (χ3n) is 5.87. The Hall–Kier alpha value is -2.45. The molecule has 1 aliphatic heterocycles. The quantitative estimate of drug-likeness (QED) is 0.259. The molecule has 2 N–H and O–H groups in total. The highest BCUT2D eigenvalue weighted by Crippen LogP contribution is 2.47. The fraction of sp³-hybridized carbons (Fsp3) is 0.259. The van der Waals surface area contributed by atoms with E-state index in [4.69, 9.17) is 28.3 Å². The van der Waals surface area contributed by atoms with Gasteiger partial charge in [0.15, 0.2) is 0 Å². The molecule has 0 saturated carbocycles. The van der Waals surface area contributed by atoms with Crippen LogP contribution < -0.4 is 4.90 Å². The van der Waals surface area contributed by atoms with Crippen LogP contribution in [0.1, 0.15) is 43.0 Å². The van der Waals surface area contributed by atoms with Crippen LogP contribution in [0.15, 0.2) is 58.0 Å². The van der Waals surface area contributed by atoms with E-state index in [0.717, 1.165) is 48.1 Å². The van der Waals surface area contributed by atoms with Crippen molar-refractivity contribution < 1.29 is 19.8 Å². The maximum Gasteiger partial charge on any atom is 0.303 e. The van der Waals surface area contributed by atoms with Crippen LogP contribution in [0.4, 0.5) is 5.69 Å². The lowest BCUT2D eigenvalue weighted by Crippen LogP contribution is -2.20. The van der Waals surface area contributed by atoms with Gasteiger partial charge in [-0.05, 0) is 84.3 Å². The molecule has 0 saturated heterocycles. The standard InChI is InChI=1S/C27H25Cl2NO4S2/c1-2-16(12-24-19(7-10-27(33)34)20-14-17(28)5-8-22(20)35-24)13-25-30(11-3-4-26(31)32)21-15-18(29)6-9-23(21)36-25/h5-6,8-9,12-15H,2-4,7,10-11H2,1H3,(H,31,32)(H,33,34)/b16-12+,25-13-. The molecule has 36 heavy (non-hydrogen) atoms. The van der Waals surface area contributed by atoms with Crippen LogP contribution in [0.3, 0.4) is 0 Å². The average Bonchev–Trinajstić information content (AvgIpc) is 3.33. The second kappa shape index (κ2) is 11.7. The van der Waals surface area contributed by atoms with E-state index in [-0.39, 0.29) is 12.8 Å². The lowest BCUT2D eigenvalue weighted by molar-refractivity contribution is -0.138. The van der Waals surface area contributed by atoms with E-state index in [0.29, 0.717) is 29.4 Å². The summed E-state index contributed by atoms with van der Waals surface area (Å²) in [4.78, 5) is 26.6. The average molecular weight is 563 g/mol. The number of hydrogen-bond donors (Lipinski definition) is 2. The minimum Gasteiger partial charge on any atom is -0.481 e. The Labute approximate surface area is 228 Å². The van der Waals surface area contributed by atoms with Gasteiger partial charge >= 0.3 is 11.9 Å². The smallest absolute Gasteiger partial charge is 0.303 e. The molecule has 0 unspecified atom stereocenters. The number of thioether (sulfide) groups is 1. The maximum absolute atomic E-state index is 11.3. The predicted octanol–water partition coefficient (Wildman–Crippen LogP) is 8.34. The highest BCUT2D eigenvalue weighted by molar-refractivity contribution is 8.03. The molecule has 0 radical (unpaired) electrons. The van der Waals surface area contributed by atoms with Gasteiger partial charge in [-0.15, -0.1) is 11.3 Å². The Morgan fingerprint density at radius 1 is 1.03 bits per heavy atom. The van der Waals surface area contributed by atoms with Crippen molar-refractivity contribution in [3.63, 3.8) is 0 Å². The Bertz CT molecular complexity index is 1380. The molecule has 0 bridgehead atoms. The first-order valence-corrected chi connectivity index (χ1v) is 14.0. The van der Waals surface area contributed by atoms with E-state index in [9.17, 15) is 14.7 Å². The summed E-state index contributed by atoms with van der Waals surface area (Å²) in [6.45, 7) is 2.66. The summed E-state index contributed by atoms with van der Waals surface area (Å²) in [6.07, 6.45) is 6.13. The van der Waals surface area contributed by atoms with Gasteiger partial charge in [-0.3, -0.25) is 9.59 Å². The first kappa shape index (κ1) is 26.6. The number of thiophene rings is 1. The topological polar surface area (TPSA) is 77.8 Å². The van der Waals surface area contributed by atoms with Gasteiger partial charge < -0.3 is 15.1 Å². The number of nitrogens with zero attached hydrogens (tertiary/aromatic N) is 1. The largest absolute Gasteiger partial charge is 0.481 e. The normalized spacial score (nSPS) is 14.6. The van der Waals surface area contributed by atoms with Gasteiger partial charge in [0.25, 0.3) is 0 Å². The second-order valence-electron chi connectivity index (χ2n) is 8.40. The number of aryl methyl sites for hydroxylation is 1. The first-order chi connectivity index (χ1) is 17.2. The third kappa shape index (κ3) is 6.27. The summed E-state index contributed by atoms with van der Waals surface area (Å²) < 4.78 is 1.07. The zero-order chi connectivity index (χ0) is 25.8. The van der Waals surface area contributed by atoms with E-state index in [1.807, 2.05) is 36.4 Å². The van der Waals surface area contributed by atoms with E-state index >= 15 is 0 Å². The fourth-order valence-corrected chi connectivity index (χ4v) is 6.81. The molecule has 2 aromatic carbocycles. The number of carbonyl (C=O) groups is 2. The molecule has 0 fully saturated rings. The molecular formula is C27H25Cl2NO4S2. The fourth-order valence-electron chi connectivity index (χ4n) is 4.12. The lowest BCUT2D eigenvalue weighted by atomic mass is 10.0. The van der Waals surface area contributed by atoms with Crippen LogP contribution in [0.2, 0.25) is 10.0 Å². The molecule has 4 rings (SSSR count). The predicted molar refractivity (Wildman–Crippen MR) is 151 cm³/mol. The molecular weight excluding hydrogens is 537 g/mol. The molecule has 5 nitrogen and oxygen atoms in total. The van der Waals surface area contributed by atoms with Crippen molar-refractivity contribution in [1.82, 2.24) is 0 Å². The number of fused-ring (bicyclic) bond motifs is 2. The molecule has 0 atom stereocenters. The minimum atomic E-state index is -0.833. The molecule has 3 aromatic rings. The monoisotopic (exact) mass is 561 g/mol. The molecule has 9 heteroatoms. The zero-order valence-electron chi connectivity index (χ0n) is 19.6. The summed E-state index contributed by atoms with van der Waals surface area (Å²) in [5.41, 5.74) is 3.07. The van der Waals surface area contributed by atoms with E-state index < -0.39 is 11.9 Å². The minimum absolute atomic E-state index is 0.0466. The second-order valence-corrected chi connectivity index (χ2v) is 11.4. The van der Waals surface area contributed by atoms with E-state index in [2.05, 4.69) is 24.0 Å². The van der Waals surface area contributed by atoms with Crippen molar-refractivity contribution >= 4 is 80.1 Å². The molecule has 2 heterocycles. The summed E-state index contributed by atoms with van der Waals surface area (Å²) >= 11 is 15.8. The van der Waals surface area contributed by atoms with Crippen LogP contribution in [0.25, 0.3) is 16.2 Å². The van der Waals surface area contributed by atoms with Crippen LogP contribution in [0, 0.1) is 0 Å². The number of aliphatic carboxylic acids is 2. The van der Waals surface area contributed by atoms with Gasteiger partial charge in [0.05, 0.1) is 10.7 Å². The van der Waals surface area contributed by atoms with Gasteiger partial charge in [0, 0.05) is 43.9 Å². The summed E-state index contributed by atoms with van der Waals surface area (Å²) in [5.74, 6) is -1.65. The van der Waals surface area contributed by atoms with Crippen molar-refractivity contribution in [1.29, 1.82) is 0 Å². The number of benzene rings is 2. The Morgan fingerprint density at radius 3 is 2.47 bits per heavy atom. The molecule has 1 aromatic heterocycles. The van der Waals surface area contributed by atoms with Crippen molar-refractivity contribution in [2.24, 2.45) is 0 Å². The zero-order valence-corrected chi connectivity index (χ0v) is 22.7. The maximum atomic E-state index is 11.3. The van der Waals surface area contributed by atoms with Crippen molar-refractivity contribution in [2.45, 2.75) is 43.9 Å². The van der Waals surface area contributed by atoms with Gasteiger partial charge in [0.2, 0.25) is 0 Å². The number of hydrogen-bond acceptors (Lipinski definition) is 5. The summed E-state index contributed by atoms with van der Waals surface area (Å²) in [6, 6.07) is 11.5. The van der Waals surface area contributed by atoms with Crippen molar-refractivity contribution in [2.75, 3.05) is 11.4 Å². The van der Waals surface area contributed by atoms with Crippen LogP contribution >= 0.6 is 46.3 Å². The molecule has 0 amide bonds. The number of carboxylic acids is 2. The van der Waals surface area contributed by atoms with Gasteiger partial charge in [0.1, 0.15) is 0 Å². The summed E-state index contributed by atoms with van der Waals surface area (Å²) in [5, 5.41) is 21.7. The highest BCUT2D eigenvalue weighted by Gasteiger charge is 2.25. The van der Waals surface area contributed by atoms with Gasteiger partial charge in [-0.2, -0.15) is 0 Å². The van der Waals surface area contributed by atoms with Crippen LogP contribution in [-0.4, -0.2) is 28.7 Å². The summed E-state index contributed by atoms with van der Waals surface area (Å²) in [7, 11) is 0. The SMILES string of the molecule is CCC(/C=C1\Sc2ccc(Cl)cc2N1CCCC(=O)O)=C\c1sc2ccc(Cl)cc2c1CCC(=O)O. The van der Waals surface area contributed by atoms with Gasteiger partial charge in [-0.1, -0.05) is 41.9 Å². The van der Waals surface area contributed by atoms with E-state index in [1.165, 1.54) is 0 Å². The Kier molecular flexibility index (Phi) is 8.67. The molecule has 0 aliphatic carbocycles. The van der Waals surface area contributed by atoms with Gasteiger partial charge in [-0.25, -0.2) is 0 Å². The molecule has 188 valence electrons. The van der Waals surface area contributed by atoms with Crippen molar-refractivity contribution in [3.8, 4) is 0 Å². The van der Waals surface area contributed by atoms with Crippen molar-refractivity contribution in [3.05, 3.63) is 73.6 Å². The number of carboxylic acid groups (broad SMARTS) is 2. The van der Waals surface area contributed by atoms with Crippen LogP contribution in [-0.2, 0) is 16.0 Å². The molecule has 0 spiro atoms. The number of rotatable bonds is 10. The Morgan fingerprint density at radius 2 is 1.75 bits per heavy atom. The highest BCUT2D eigenvalue weighted by atomic mass is 35.5. The number of halogens is 2. The van der Waals surface area contributed by atoms with E-state index in [1.54, 1.807) is 23.1 Å². The molecule has 1 aliphatic rings. The Balaban J connectivity index is 1.72. The first-order valence-electron chi connectivity index (χ1n) is 11.6. The number of anilines is 1. The number of allylic oxidation sites excluding steroid dienone is 2.